The number of carbonyl (C=O) groups excluding carboxylic acids is 1. The summed E-state index contributed by atoms with van der Waals surface area (Å²) >= 11 is 0. The zero-order chi connectivity index (χ0) is 24.1. The van der Waals surface area contributed by atoms with Crippen molar-refractivity contribution in [1.82, 2.24) is 9.88 Å². The second-order valence-electron chi connectivity index (χ2n) is 8.38. The number of methoxy groups -OCH3 is 2. The van der Waals surface area contributed by atoms with Gasteiger partial charge in [0.25, 0.3) is 11.5 Å². The Morgan fingerprint density at radius 1 is 1.03 bits per heavy atom. The highest BCUT2D eigenvalue weighted by molar-refractivity contribution is 5.92. The lowest BCUT2D eigenvalue weighted by Gasteiger charge is -2.37. The number of H-pyrrole nitrogens is 1. The predicted molar refractivity (Wildman–Crippen MR) is 126 cm³/mol. The molecule has 0 aliphatic carbocycles. The molecule has 178 valence electrons. The Labute approximate surface area is 199 Å². The number of furan rings is 1. The average molecular weight is 474 g/mol. The highest BCUT2D eigenvalue weighted by Gasteiger charge is 2.36. The first-order chi connectivity index (χ1) is 17.1. The molecule has 9 nitrogen and oxygen atoms in total. The van der Waals surface area contributed by atoms with Crippen LogP contribution in [0.1, 0.15) is 33.3 Å². The summed E-state index contributed by atoms with van der Waals surface area (Å²) in [5.41, 5.74) is 2.50. The second-order valence-corrected chi connectivity index (χ2v) is 8.38. The fourth-order valence-electron chi connectivity index (χ4n) is 4.86. The van der Waals surface area contributed by atoms with Crippen molar-refractivity contribution in [1.29, 1.82) is 0 Å². The Bertz CT molecular complexity index is 1510. The van der Waals surface area contributed by atoms with Gasteiger partial charge in [-0.1, -0.05) is 0 Å². The lowest BCUT2D eigenvalue weighted by atomic mass is 9.87. The molecule has 4 heterocycles. The van der Waals surface area contributed by atoms with E-state index in [4.69, 9.17) is 23.4 Å². The first-order valence-electron chi connectivity index (χ1n) is 11.1. The molecule has 1 unspecified atom stereocenters. The molecule has 0 spiro atoms. The lowest BCUT2D eigenvalue weighted by molar-refractivity contribution is 0.0660. The van der Waals surface area contributed by atoms with Crippen molar-refractivity contribution in [2.24, 2.45) is 0 Å². The number of hydrogen-bond donors (Lipinski definition) is 1. The molecule has 1 atom stereocenters. The third-order valence-electron chi connectivity index (χ3n) is 6.53. The van der Waals surface area contributed by atoms with Crippen LogP contribution in [0.15, 0.2) is 57.9 Å². The van der Waals surface area contributed by atoms with Crippen molar-refractivity contribution in [3.8, 4) is 23.0 Å². The van der Waals surface area contributed by atoms with Crippen molar-refractivity contribution in [3.05, 3.63) is 81.5 Å². The molecule has 1 amide bonds. The van der Waals surface area contributed by atoms with Gasteiger partial charge in [-0.15, -0.1) is 0 Å². The number of ether oxygens (including phenoxy) is 4. The Balaban J connectivity index is 1.56. The van der Waals surface area contributed by atoms with Gasteiger partial charge in [0, 0.05) is 23.6 Å². The maximum atomic E-state index is 13.5. The van der Waals surface area contributed by atoms with Gasteiger partial charge in [0.1, 0.15) is 0 Å². The Morgan fingerprint density at radius 2 is 1.80 bits per heavy atom. The number of amides is 1. The summed E-state index contributed by atoms with van der Waals surface area (Å²) in [5, 5.41) is 0.766. The number of aromatic amines is 1. The van der Waals surface area contributed by atoms with Crippen molar-refractivity contribution in [3.63, 3.8) is 0 Å². The maximum absolute atomic E-state index is 13.5. The van der Waals surface area contributed by atoms with Gasteiger partial charge < -0.3 is 33.2 Å². The van der Waals surface area contributed by atoms with E-state index < -0.39 is 6.04 Å². The van der Waals surface area contributed by atoms with Crippen LogP contribution in [-0.4, -0.2) is 43.3 Å². The monoisotopic (exact) mass is 474 g/mol. The van der Waals surface area contributed by atoms with Gasteiger partial charge in [-0.2, -0.15) is 0 Å². The average Bonchev–Trinajstić information content (AvgIpc) is 3.57. The first-order valence-corrected chi connectivity index (χ1v) is 11.1. The summed E-state index contributed by atoms with van der Waals surface area (Å²) in [6.45, 7) is 0.525. The number of carbonyl (C=O) groups is 1. The van der Waals surface area contributed by atoms with E-state index in [0.717, 1.165) is 16.5 Å². The van der Waals surface area contributed by atoms with Crippen LogP contribution in [0.25, 0.3) is 10.9 Å². The zero-order valence-corrected chi connectivity index (χ0v) is 19.1. The number of fused-ring (bicyclic) bond motifs is 3. The molecular formula is C26H22N2O7. The van der Waals surface area contributed by atoms with E-state index in [1.54, 1.807) is 43.4 Å². The van der Waals surface area contributed by atoms with Gasteiger partial charge in [-0.05, 0) is 53.9 Å². The van der Waals surface area contributed by atoms with Crippen LogP contribution < -0.4 is 24.5 Å². The van der Waals surface area contributed by atoms with Crippen molar-refractivity contribution >= 4 is 16.8 Å². The van der Waals surface area contributed by atoms with Gasteiger partial charge in [0.2, 0.25) is 6.79 Å². The standard InChI is InChI=1S/C26H22N2O7/c1-31-20-9-14-5-6-28(26(30)19-4-3-7-33-19)24(16(14)11-21(20)32-2)17-8-15-10-22-23(35-13-34-22)12-18(15)27-25(17)29/h3-4,7-12,24H,5-6,13H2,1-2H3,(H,27,29). The van der Waals surface area contributed by atoms with Gasteiger partial charge >= 0.3 is 0 Å². The van der Waals surface area contributed by atoms with E-state index in [1.807, 2.05) is 18.2 Å². The maximum Gasteiger partial charge on any atom is 0.290 e. The van der Waals surface area contributed by atoms with E-state index in [9.17, 15) is 9.59 Å². The summed E-state index contributed by atoms with van der Waals surface area (Å²) in [6, 6.07) is 11.7. The van der Waals surface area contributed by atoms with Gasteiger partial charge in [0.15, 0.2) is 28.8 Å². The molecule has 0 fully saturated rings. The molecule has 0 saturated carbocycles. The van der Waals surface area contributed by atoms with Crippen LogP contribution in [0, 0.1) is 0 Å². The largest absolute Gasteiger partial charge is 0.493 e. The Morgan fingerprint density at radius 3 is 2.54 bits per heavy atom. The fourth-order valence-corrected chi connectivity index (χ4v) is 4.86. The molecule has 4 aromatic rings. The van der Waals surface area contributed by atoms with Crippen LogP contribution in [-0.2, 0) is 6.42 Å². The number of rotatable bonds is 4. The van der Waals surface area contributed by atoms with Crippen molar-refractivity contribution in [2.45, 2.75) is 12.5 Å². The Kier molecular flexibility index (Phi) is 4.91. The number of pyridine rings is 1. The minimum Gasteiger partial charge on any atom is -0.493 e. The molecule has 2 aliphatic heterocycles. The molecule has 35 heavy (non-hydrogen) atoms. The minimum absolute atomic E-state index is 0.131. The normalized spacial score (nSPS) is 16.3. The SMILES string of the molecule is COc1cc2c(cc1OC)C(c1cc3cc4c(cc3[nH]c1=O)OCO4)N(C(=O)c1ccco1)CC2. The van der Waals surface area contributed by atoms with Crippen LogP contribution in [0.3, 0.4) is 0 Å². The number of nitrogens with zero attached hydrogens (tertiary/aromatic N) is 1. The molecule has 2 aromatic heterocycles. The van der Waals surface area contributed by atoms with Gasteiger partial charge in [0.05, 0.1) is 32.0 Å². The summed E-state index contributed by atoms with van der Waals surface area (Å²) in [5.74, 6) is 2.20. The summed E-state index contributed by atoms with van der Waals surface area (Å²) in [6.07, 6.45) is 2.04. The molecule has 0 saturated heterocycles. The molecule has 6 rings (SSSR count). The third kappa shape index (κ3) is 3.39. The molecule has 0 bridgehead atoms. The quantitative estimate of drug-likeness (QED) is 0.482. The van der Waals surface area contributed by atoms with Crippen LogP contribution in [0.5, 0.6) is 23.0 Å². The van der Waals surface area contributed by atoms with E-state index in [2.05, 4.69) is 4.98 Å². The molecular weight excluding hydrogens is 452 g/mol. The van der Waals surface area contributed by atoms with Crippen molar-refractivity contribution in [2.75, 3.05) is 27.6 Å². The van der Waals surface area contributed by atoms with Gasteiger partial charge in [-0.25, -0.2) is 0 Å². The number of nitrogens with one attached hydrogen (secondary N) is 1. The van der Waals surface area contributed by atoms with Crippen LogP contribution in [0.2, 0.25) is 0 Å². The Hall–Kier alpha value is -4.40. The van der Waals surface area contributed by atoms with E-state index in [1.165, 1.54) is 6.26 Å². The van der Waals surface area contributed by atoms with E-state index in [-0.39, 0.29) is 24.0 Å². The highest BCUT2D eigenvalue weighted by atomic mass is 16.7. The van der Waals surface area contributed by atoms with Crippen LogP contribution in [0.4, 0.5) is 0 Å². The smallest absolute Gasteiger partial charge is 0.290 e. The second kappa shape index (κ2) is 8.12. The molecule has 2 aromatic carbocycles. The highest BCUT2D eigenvalue weighted by Crippen LogP contribution is 2.42. The first kappa shape index (κ1) is 21.2. The van der Waals surface area contributed by atoms with Crippen molar-refractivity contribution < 1.29 is 28.2 Å². The minimum atomic E-state index is -0.672. The number of benzene rings is 2. The molecule has 9 heteroatoms. The lowest BCUT2D eigenvalue weighted by Crippen LogP contribution is -2.42. The summed E-state index contributed by atoms with van der Waals surface area (Å²) in [4.78, 5) is 31.5. The number of hydrogen-bond acceptors (Lipinski definition) is 7. The zero-order valence-electron chi connectivity index (χ0n) is 19.1. The molecule has 0 radical (unpaired) electrons. The fraction of sp³-hybridized carbons (Fsp3) is 0.231. The van der Waals surface area contributed by atoms with Gasteiger partial charge in [-0.3, -0.25) is 9.59 Å². The topological polar surface area (TPSA) is 103 Å². The molecule has 1 N–H and O–H groups in total. The van der Waals surface area contributed by atoms with E-state index >= 15 is 0 Å². The number of aromatic nitrogens is 1. The predicted octanol–water partition coefficient (Wildman–Crippen LogP) is 3.65. The summed E-state index contributed by atoms with van der Waals surface area (Å²) < 4.78 is 27.4. The van der Waals surface area contributed by atoms with E-state index in [0.29, 0.717) is 47.0 Å². The third-order valence-corrected chi connectivity index (χ3v) is 6.53. The molecule has 2 aliphatic rings. The van der Waals surface area contributed by atoms with Crippen LogP contribution >= 0.6 is 0 Å². The summed E-state index contributed by atoms with van der Waals surface area (Å²) in [7, 11) is 3.13.